The smallest absolute Gasteiger partial charge is 0.256 e. The van der Waals surface area contributed by atoms with Crippen molar-refractivity contribution in [2.75, 3.05) is 18.5 Å². The molecule has 0 radical (unpaired) electrons. The zero-order chi connectivity index (χ0) is 19.7. The van der Waals surface area contributed by atoms with Gasteiger partial charge in [0.1, 0.15) is 17.4 Å². The summed E-state index contributed by atoms with van der Waals surface area (Å²) in [6, 6.07) is 7.40. The first-order chi connectivity index (χ1) is 13.0. The topological polar surface area (TPSA) is 71.3 Å². The van der Waals surface area contributed by atoms with Crippen molar-refractivity contribution in [3.8, 4) is 11.8 Å². The van der Waals surface area contributed by atoms with Crippen LogP contribution in [0.3, 0.4) is 0 Å². The lowest BCUT2D eigenvalue weighted by Crippen LogP contribution is -2.48. The number of unbranched alkanes of at least 4 members (excludes halogenated alkanes) is 1. The number of rotatable bonds is 9. The molecule has 1 fully saturated rings. The van der Waals surface area contributed by atoms with Gasteiger partial charge >= 0.3 is 0 Å². The van der Waals surface area contributed by atoms with Gasteiger partial charge in [-0.3, -0.25) is 4.79 Å². The quantitative estimate of drug-likeness (QED) is 0.616. The van der Waals surface area contributed by atoms with Crippen molar-refractivity contribution in [3.05, 3.63) is 23.8 Å². The van der Waals surface area contributed by atoms with Crippen molar-refractivity contribution in [3.63, 3.8) is 0 Å². The maximum atomic E-state index is 13.1. The average Bonchev–Trinajstić information content (AvgIpc) is 2.67. The van der Waals surface area contributed by atoms with E-state index in [1.54, 1.807) is 18.2 Å². The Kier molecular flexibility index (Phi) is 8.12. The van der Waals surface area contributed by atoms with E-state index in [-0.39, 0.29) is 5.91 Å². The standard InChI is InChI=1S/C22H32N2O3/c1-4-6-13-26-19-9-10-20(18(14-19)16-23)24-21(25)22(27-12-5-2)11-7-8-17(3)15-22/h9-10,14,17H,4-8,11-13,15H2,1-3H3,(H,24,25)/t17-,22-/m1/s1. The van der Waals surface area contributed by atoms with Crippen LogP contribution in [-0.4, -0.2) is 24.7 Å². The molecule has 1 saturated carbocycles. The molecule has 1 aliphatic carbocycles. The minimum Gasteiger partial charge on any atom is -0.494 e. The molecular weight excluding hydrogens is 340 g/mol. The maximum absolute atomic E-state index is 13.1. The Bertz CT molecular complexity index is 668. The number of nitriles is 1. The predicted octanol–water partition coefficient (Wildman–Crippen LogP) is 5.05. The van der Waals surface area contributed by atoms with Gasteiger partial charge in [0.05, 0.1) is 17.9 Å². The highest BCUT2D eigenvalue weighted by Crippen LogP contribution is 2.37. The highest BCUT2D eigenvalue weighted by atomic mass is 16.5. The Labute approximate surface area is 163 Å². The lowest BCUT2D eigenvalue weighted by atomic mass is 9.78. The Morgan fingerprint density at radius 2 is 2.15 bits per heavy atom. The molecule has 5 heteroatoms. The molecule has 0 unspecified atom stereocenters. The molecule has 148 valence electrons. The molecule has 1 aromatic carbocycles. The van der Waals surface area contributed by atoms with Gasteiger partial charge < -0.3 is 14.8 Å². The second-order valence-corrected chi connectivity index (χ2v) is 7.52. The van der Waals surface area contributed by atoms with E-state index in [1.807, 2.05) is 6.92 Å². The third kappa shape index (κ3) is 5.71. The molecule has 27 heavy (non-hydrogen) atoms. The maximum Gasteiger partial charge on any atom is 0.256 e. The fraction of sp³-hybridized carbons (Fsp3) is 0.636. The zero-order valence-corrected chi connectivity index (χ0v) is 16.8. The SMILES string of the molecule is CCCCOc1ccc(NC(=O)[C@@]2(OCCC)CCC[C@@H](C)C2)c(C#N)c1. The number of benzene rings is 1. The first kappa shape index (κ1) is 21.2. The van der Waals surface area contributed by atoms with Crippen LogP contribution in [0.5, 0.6) is 5.75 Å². The van der Waals surface area contributed by atoms with Crippen LogP contribution in [0, 0.1) is 17.2 Å². The minimum atomic E-state index is -0.795. The van der Waals surface area contributed by atoms with Crippen LogP contribution in [0.4, 0.5) is 5.69 Å². The molecule has 0 bridgehead atoms. The Hall–Kier alpha value is -2.06. The summed E-state index contributed by atoms with van der Waals surface area (Å²) in [4.78, 5) is 13.1. The minimum absolute atomic E-state index is 0.140. The molecule has 2 atom stereocenters. The number of hydrogen-bond donors (Lipinski definition) is 1. The van der Waals surface area contributed by atoms with E-state index in [2.05, 4.69) is 25.2 Å². The summed E-state index contributed by atoms with van der Waals surface area (Å²) in [7, 11) is 0. The highest BCUT2D eigenvalue weighted by Gasteiger charge is 2.42. The monoisotopic (exact) mass is 372 g/mol. The van der Waals surface area contributed by atoms with Crippen LogP contribution in [0.25, 0.3) is 0 Å². The first-order valence-electron chi connectivity index (χ1n) is 10.2. The van der Waals surface area contributed by atoms with Gasteiger partial charge in [0.2, 0.25) is 0 Å². The van der Waals surface area contributed by atoms with Gasteiger partial charge in [0, 0.05) is 6.61 Å². The summed E-state index contributed by atoms with van der Waals surface area (Å²) in [5.41, 5.74) is 0.131. The summed E-state index contributed by atoms with van der Waals surface area (Å²) in [6.07, 6.45) is 6.44. The number of hydrogen-bond acceptors (Lipinski definition) is 4. The fourth-order valence-electron chi connectivity index (χ4n) is 3.59. The van der Waals surface area contributed by atoms with Gasteiger partial charge in [0.25, 0.3) is 5.91 Å². The van der Waals surface area contributed by atoms with E-state index in [0.29, 0.717) is 36.1 Å². The number of nitrogens with zero attached hydrogens (tertiary/aromatic N) is 1. The third-order valence-corrected chi connectivity index (χ3v) is 5.08. The van der Waals surface area contributed by atoms with Gasteiger partial charge in [0.15, 0.2) is 0 Å². The number of anilines is 1. The van der Waals surface area contributed by atoms with E-state index in [9.17, 15) is 10.1 Å². The molecule has 1 aliphatic rings. The molecule has 5 nitrogen and oxygen atoms in total. The van der Waals surface area contributed by atoms with Crippen LogP contribution in [0.15, 0.2) is 18.2 Å². The van der Waals surface area contributed by atoms with Crippen LogP contribution < -0.4 is 10.1 Å². The first-order valence-corrected chi connectivity index (χ1v) is 10.2. The molecule has 1 aromatic rings. The Balaban J connectivity index is 2.15. The van der Waals surface area contributed by atoms with E-state index in [1.165, 1.54) is 0 Å². The molecule has 2 rings (SSSR count). The zero-order valence-electron chi connectivity index (χ0n) is 16.8. The molecule has 1 N–H and O–H groups in total. The van der Waals surface area contributed by atoms with Crippen molar-refractivity contribution in [1.29, 1.82) is 5.26 Å². The molecule has 0 aliphatic heterocycles. The number of nitrogens with one attached hydrogen (secondary N) is 1. The lowest BCUT2D eigenvalue weighted by molar-refractivity contribution is -0.148. The molecule has 0 aromatic heterocycles. The van der Waals surface area contributed by atoms with Crippen molar-refractivity contribution in [2.24, 2.45) is 5.92 Å². The second kappa shape index (κ2) is 10.3. The van der Waals surface area contributed by atoms with E-state index < -0.39 is 5.60 Å². The molecular formula is C22H32N2O3. The summed E-state index contributed by atoms with van der Waals surface area (Å²) in [5.74, 6) is 0.964. The van der Waals surface area contributed by atoms with Crippen molar-refractivity contribution in [1.82, 2.24) is 0 Å². The van der Waals surface area contributed by atoms with Crippen LogP contribution in [0.1, 0.15) is 71.3 Å². The third-order valence-electron chi connectivity index (χ3n) is 5.08. The van der Waals surface area contributed by atoms with Crippen LogP contribution in [0.2, 0.25) is 0 Å². The number of carbonyl (C=O) groups excluding carboxylic acids is 1. The lowest BCUT2D eigenvalue weighted by Gasteiger charge is -2.38. The van der Waals surface area contributed by atoms with E-state index in [4.69, 9.17) is 9.47 Å². The van der Waals surface area contributed by atoms with E-state index >= 15 is 0 Å². The Morgan fingerprint density at radius 3 is 2.81 bits per heavy atom. The van der Waals surface area contributed by atoms with Gasteiger partial charge in [-0.05, 0) is 56.2 Å². The molecule has 0 spiro atoms. The summed E-state index contributed by atoms with van der Waals surface area (Å²) >= 11 is 0. The van der Waals surface area contributed by atoms with E-state index in [0.717, 1.165) is 44.9 Å². The summed E-state index contributed by atoms with van der Waals surface area (Å²) in [5, 5.41) is 12.5. The molecule has 1 amide bonds. The number of carbonyl (C=O) groups is 1. The molecule has 0 saturated heterocycles. The number of ether oxygens (including phenoxy) is 2. The average molecular weight is 373 g/mol. The van der Waals surface area contributed by atoms with Crippen LogP contribution in [-0.2, 0) is 9.53 Å². The largest absolute Gasteiger partial charge is 0.494 e. The molecule has 0 heterocycles. The summed E-state index contributed by atoms with van der Waals surface area (Å²) < 4.78 is 11.7. The van der Waals surface area contributed by atoms with Crippen molar-refractivity contribution >= 4 is 11.6 Å². The summed E-state index contributed by atoms with van der Waals surface area (Å²) in [6.45, 7) is 7.50. The van der Waals surface area contributed by atoms with Gasteiger partial charge in [-0.1, -0.05) is 33.6 Å². The van der Waals surface area contributed by atoms with Crippen molar-refractivity contribution in [2.45, 2.75) is 71.3 Å². The predicted molar refractivity (Wildman–Crippen MR) is 107 cm³/mol. The van der Waals surface area contributed by atoms with Gasteiger partial charge in [-0.15, -0.1) is 0 Å². The normalized spacial score (nSPS) is 22.1. The van der Waals surface area contributed by atoms with Gasteiger partial charge in [-0.25, -0.2) is 0 Å². The Morgan fingerprint density at radius 1 is 1.33 bits per heavy atom. The van der Waals surface area contributed by atoms with Gasteiger partial charge in [-0.2, -0.15) is 5.26 Å². The second-order valence-electron chi connectivity index (χ2n) is 7.52. The fourth-order valence-corrected chi connectivity index (χ4v) is 3.59. The van der Waals surface area contributed by atoms with Crippen LogP contribution >= 0.6 is 0 Å². The highest BCUT2D eigenvalue weighted by molar-refractivity contribution is 5.98. The number of amides is 1. The van der Waals surface area contributed by atoms with Crippen molar-refractivity contribution < 1.29 is 14.3 Å².